The molecular formula is C16H23NS. The summed E-state index contributed by atoms with van der Waals surface area (Å²) in [6.45, 7) is 4.77. The molecule has 3 rings (SSSR count). The molecule has 0 amide bonds. The highest BCUT2D eigenvalue weighted by Crippen LogP contribution is 2.35. The van der Waals surface area contributed by atoms with Gasteiger partial charge in [0.1, 0.15) is 0 Å². The molecule has 2 aliphatic rings. The van der Waals surface area contributed by atoms with Gasteiger partial charge in [0.2, 0.25) is 0 Å². The van der Waals surface area contributed by atoms with Crippen molar-refractivity contribution >= 4 is 17.4 Å². The van der Waals surface area contributed by atoms with Gasteiger partial charge in [-0.3, -0.25) is 0 Å². The van der Waals surface area contributed by atoms with Crippen LogP contribution in [0.3, 0.4) is 0 Å². The maximum Gasteiger partial charge on any atom is 0.0357 e. The number of hydrogen-bond donors (Lipinski definition) is 1. The van der Waals surface area contributed by atoms with Gasteiger partial charge in [0.25, 0.3) is 0 Å². The third-order valence-corrected chi connectivity index (χ3v) is 5.70. The van der Waals surface area contributed by atoms with E-state index in [1.807, 2.05) is 0 Å². The molecule has 1 N–H and O–H groups in total. The number of hydrogen-bond acceptors (Lipinski definition) is 2. The average Bonchev–Trinajstić information content (AvgIpc) is 2.74. The maximum atomic E-state index is 3.75. The molecule has 0 saturated carbocycles. The lowest BCUT2D eigenvalue weighted by Crippen LogP contribution is -2.35. The lowest BCUT2D eigenvalue weighted by Gasteiger charge is -2.35. The fourth-order valence-electron chi connectivity index (χ4n) is 3.25. The second kappa shape index (κ2) is 4.80. The largest absolute Gasteiger partial charge is 0.381 e. The standard InChI is InChI=1S/C16H23NS/c1-16(2)9-15(10-18-11-16)17-14-7-6-12-4-3-5-13(12)8-14/h6-8,15,17H,3-5,9-11H2,1-2H3. The van der Waals surface area contributed by atoms with E-state index in [9.17, 15) is 0 Å². The molecule has 98 valence electrons. The smallest absolute Gasteiger partial charge is 0.0357 e. The number of thioether (sulfide) groups is 1. The van der Waals surface area contributed by atoms with Crippen molar-refractivity contribution < 1.29 is 0 Å². The Kier molecular flexibility index (Phi) is 3.31. The molecule has 1 unspecified atom stereocenters. The van der Waals surface area contributed by atoms with Gasteiger partial charge in [-0.15, -0.1) is 0 Å². The van der Waals surface area contributed by atoms with E-state index in [2.05, 4.69) is 49.1 Å². The Labute approximate surface area is 115 Å². The van der Waals surface area contributed by atoms with Crippen LogP contribution < -0.4 is 5.32 Å². The van der Waals surface area contributed by atoms with Gasteiger partial charge in [-0.25, -0.2) is 0 Å². The maximum absolute atomic E-state index is 3.75. The number of aryl methyl sites for hydroxylation is 2. The van der Waals surface area contributed by atoms with Gasteiger partial charge in [0, 0.05) is 17.5 Å². The van der Waals surface area contributed by atoms with Crippen LogP contribution in [-0.4, -0.2) is 17.5 Å². The molecule has 1 aromatic carbocycles. The molecule has 1 atom stereocenters. The quantitative estimate of drug-likeness (QED) is 0.859. The molecule has 1 saturated heterocycles. The van der Waals surface area contributed by atoms with Crippen LogP contribution in [-0.2, 0) is 12.8 Å². The Balaban J connectivity index is 1.69. The Morgan fingerprint density at radius 3 is 2.89 bits per heavy atom. The van der Waals surface area contributed by atoms with Crippen molar-refractivity contribution in [3.8, 4) is 0 Å². The molecule has 1 aliphatic heterocycles. The summed E-state index contributed by atoms with van der Waals surface area (Å²) in [5.74, 6) is 2.55. The van der Waals surface area contributed by atoms with E-state index in [1.54, 1.807) is 11.1 Å². The normalized spacial score (nSPS) is 25.8. The van der Waals surface area contributed by atoms with Crippen molar-refractivity contribution in [1.82, 2.24) is 0 Å². The summed E-state index contributed by atoms with van der Waals surface area (Å²) in [6.07, 6.45) is 5.18. The van der Waals surface area contributed by atoms with Gasteiger partial charge >= 0.3 is 0 Å². The van der Waals surface area contributed by atoms with Crippen LogP contribution in [0.5, 0.6) is 0 Å². The minimum absolute atomic E-state index is 0.483. The van der Waals surface area contributed by atoms with Crippen LogP contribution >= 0.6 is 11.8 Å². The molecular weight excluding hydrogens is 238 g/mol. The van der Waals surface area contributed by atoms with E-state index in [-0.39, 0.29) is 0 Å². The summed E-state index contributed by atoms with van der Waals surface area (Å²) in [6, 6.07) is 7.62. The van der Waals surface area contributed by atoms with Crippen LogP contribution in [0.4, 0.5) is 5.69 Å². The van der Waals surface area contributed by atoms with E-state index in [0.29, 0.717) is 11.5 Å². The molecule has 2 heteroatoms. The van der Waals surface area contributed by atoms with Gasteiger partial charge in [0.05, 0.1) is 0 Å². The van der Waals surface area contributed by atoms with E-state index in [4.69, 9.17) is 0 Å². The van der Waals surface area contributed by atoms with Gasteiger partial charge in [-0.2, -0.15) is 11.8 Å². The third kappa shape index (κ3) is 2.69. The first kappa shape index (κ1) is 12.4. The molecule has 1 nitrogen and oxygen atoms in total. The minimum atomic E-state index is 0.483. The predicted octanol–water partition coefficient (Wildman–Crippen LogP) is 4.12. The second-order valence-electron chi connectivity index (χ2n) is 6.56. The number of anilines is 1. The van der Waals surface area contributed by atoms with Crippen LogP contribution in [0.2, 0.25) is 0 Å². The Morgan fingerprint density at radius 2 is 2.06 bits per heavy atom. The molecule has 0 aromatic heterocycles. The van der Waals surface area contributed by atoms with Gasteiger partial charge in [0.15, 0.2) is 0 Å². The molecule has 18 heavy (non-hydrogen) atoms. The van der Waals surface area contributed by atoms with Gasteiger partial charge in [-0.1, -0.05) is 19.9 Å². The summed E-state index contributed by atoms with van der Waals surface area (Å²) in [4.78, 5) is 0. The SMILES string of the molecule is CC1(C)CSCC(Nc2ccc3c(c2)CCC3)C1. The van der Waals surface area contributed by atoms with Crippen LogP contribution in [0, 0.1) is 5.41 Å². The summed E-state index contributed by atoms with van der Waals surface area (Å²) in [5, 5.41) is 3.75. The van der Waals surface area contributed by atoms with Crippen molar-refractivity contribution in [3.05, 3.63) is 29.3 Å². The van der Waals surface area contributed by atoms with Crippen LogP contribution in [0.1, 0.15) is 37.8 Å². The topological polar surface area (TPSA) is 12.0 Å². The Bertz CT molecular complexity index is 439. The fraction of sp³-hybridized carbons (Fsp3) is 0.625. The second-order valence-corrected chi connectivity index (χ2v) is 7.59. The molecule has 0 spiro atoms. The highest BCUT2D eigenvalue weighted by Gasteiger charge is 2.28. The van der Waals surface area contributed by atoms with Gasteiger partial charge in [-0.05, 0) is 60.1 Å². The zero-order chi connectivity index (χ0) is 12.6. The average molecular weight is 261 g/mol. The van der Waals surface area contributed by atoms with Crippen molar-refractivity contribution in [3.63, 3.8) is 0 Å². The highest BCUT2D eigenvalue weighted by molar-refractivity contribution is 7.99. The summed E-state index contributed by atoms with van der Waals surface area (Å²) in [7, 11) is 0. The van der Waals surface area contributed by atoms with Crippen molar-refractivity contribution in [2.24, 2.45) is 5.41 Å². The number of nitrogens with one attached hydrogen (secondary N) is 1. The number of rotatable bonds is 2. The minimum Gasteiger partial charge on any atom is -0.381 e. The molecule has 0 radical (unpaired) electrons. The Morgan fingerprint density at radius 1 is 1.22 bits per heavy atom. The lowest BCUT2D eigenvalue weighted by molar-refractivity contribution is 0.358. The molecule has 1 aliphatic carbocycles. The van der Waals surface area contributed by atoms with E-state index in [1.165, 1.54) is 42.9 Å². The van der Waals surface area contributed by atoms with Gasteiger partial charge < -0.3 is 5.32 Å². The predicted molar refractivity (Wildman–Crippen MR) is 81.6 cm³/mol. The first-order valence-corrected chi connectivity index (χ1v) is 8.24. The van der Waals surface area contributed by atoms with E-state index in [0.717, 1.165) is 0 Å². The van der Waals surface area contributed by atoms with Crippen LogP contribution in [0.25, 0.3) is 0 Å². The highest BCUT2D eigenvalue weighted by atomic mass is 32.2. The molecule has 0 bridgehead atoms. The Hall–Kier alpha value is -0.630. The summed E-state index contributed by atoms with van der Waals surface area (Å²) in [5.41, 5.74) is 4.96. The molecule has 1 aromatic rings. The van der Waals surface area contributed by atoms with Crippen molar-refractivity contribution in [2.45, 2.75) is 45.6 Å². The molecule has 1 fully saturated rings. The zero-order valence-electron chi connectivity index (χ0n) is 11.5. The first-order chi connectivity index (χ1) is 8.62. The summed E-state index contributed by atoms with van der Waals surface area (Å²) < 4.78 is 0. The third-order valence-electron chi connectivity index (χ3n) is 4.08. The monoisotopic (exact) mass is 261 g/mol. The van der Waals surface area contributed by atoms with E-state index >= 15 is 0 Å². The van der Waals surface area contributed by atoms with Crippen LogP contribution in [0.15, 0.2) is 18.2 Å². The number of fused-ring (bicyclic) bond motifs is 1. The van der Waals surface area contributed by atoms with Crippen molar-refractivity contribution in [1.29, 1.82) is 0 Å². The van der Waals surface area contributed by atoms with Crippen molar-refractivity contribution in [2.75, 3.05) is 16.8 Å². The number of benzene rings is 1. The van der Waals surface area contributed by atoms with E-state index < -0.39 is 0 Å². The summed E-state index contributed by atoms with van der Waals surface area (Å²) >= 11 is 2.09. The zero-order valence-corrected chi connectivity index (χ0v) is 12.3. The first-order valence-electron chi connectivity index (χ1n) is 7.08. The molecule has 1 heterocycles. The fourth-order valence-corrected chi connectivity index (χ4v) is 4.53. The lowest BCUT2D eigenvalue weighted by atomic mass is 9.87.